The van der Waals surface area contributed by atoms with Gasteiger partial charge in [-0.1, -0.05) is 17.7 Å². The van der Waals surface area contributed by atoms with Crippen LogP contribution in [0.2, 0.25) is 5.02 Å². The number of halogens is 1. The Balaban J connectivity index is 0.687. The van der Waals surface area contributed by atoms with Crippen LogP contribution in [-0.2, 0) is 9.59 Å². The lowest BCUT2D eigenvalue weighted by atomic mass is 9.71. The van der Waals surface area contributed by atoms with E-state index < -0.39 is 23.8 Å². The van der Waals surface area contributed by atoms with Crippen molar-refractivity contribution >= 4 is 52.5 Å². The van der Waals surface area contributed by atoms with Crippen molar-refractivity contribution in [3.63, 3.8) is 0 Å². The molecule has 59 heavy (non-hydrogen) atoms. The molecular formula is C44H49ClN8O6. The van der Waals surface area contributed by atoms with Gasteiger partial charge in [0, 0.05) is 49.4 Å². The molecule has 2 aromatic carbocycles. The molecule has 5 amide bonds. The van der Waals surface area contributed by atoms with Crippen LogP contribution in [0.3, 0.4) is 0 Å². The van der Waals surface area contributed by atoms with E-state index in [-0.39, 0.29) is 42.2 Å². The molecule has 5 fully saturated rings. The van der Waals surface area contributed by atoms with E-state index in [0.29, 0.717) is 45.2 Å². The van der Waals surface area contributed by atoms with Crippen LogP contribution in [0, 0.1) is 17.9 Å². The van der Waals surface area contributed by atoms with E-state index in [9.17, 15) is 24.0 Å². The van der Waals surface area contributed by atoms with E-state index in [1.807, 2.05) is 23.0 Å². The minimum atomic E-state index is -0.962. The van der Waals surface area contributed by atoms with Crippen LogP contribution in [0.5, 0.6) is 5.75 Å². The molecule has 15 heteroatoms. The molecule has 2 saturated carbocycles. The summed E-state index contributed by atoms with van der Waals surface area (Å²) in [6, 6.07) is 11.8. The summed E-state index contributed by atoms with van der Waals surface area (Å²) >= 11 is 6.17. The second kappa shape index (κ2) is 16.1. The standard InChI is InChI=1S/C44H49ClN8O6/c1-46-36-13-11-32(23-35(36)45)59-31-9-4-28(5-10-31)47-40(55)37-16-19-52(49-37)29-6-2-27(3-7-29)24-50-20-17-44(18-21-50)25-51(26-44)30-8-12-33-34(22-30)43(58)53(42(33)57)38-14-15-39(54)48-41(38)56/h8,11-13,16,19,22-23,27-29,31,38H,2-7,9-10,14-15,17-18,20-21,24-26H2,(H,47,55)(H,48,54,56). The Morgan fingerprint density at radius 2 is 1.66 bits per heavy atom. The molecule has 5 heterocycles. The van der Waals surface area contributed by atoms with Crippen molar-refractivity contribution in [2.45, 2.75) is 101 Å². The second-order valence-electron chi connectivity index (χ2n) is 17.5. The summed E-state index contributed by atoms with van der Waals surface area (Å²) in [4.78, 5) is 73.0. The zero-order valence-corrected chi connectivity index (χ0v) is 33.8. The summed E-state index contributed by atoms with van der Waals surface area (Å²) < 4.78 is 8.11. The van der Waals surface area contributed by atoms with Gasteiger partial charge in [-0.15, -0.1) is 0 Å². The first-order valence-electron chi connectivity index (χ1n) is 21.1. The van der Waals surface area contributed by atoms with E-state index in [1.165, 1.54) is 0 Å². The summed E-state index contributed by atoms with van der Waals surface area (Å²) in [6.45, 7) is 12.3. The molecule has 308 valence electrons. The van der Waals surface area contributed by atoms with E-state index in [4.69, 9.17) is 28.0 Å². The van der Waals surface area contributed by atoms with Crippen LogP contribution in [0.25, 0.3) is 4.85 Å². The van der Waals surface area contributed by atoms with Gasteiger partial charge in [-0.2, -0.15) is 5.10 Å². The Hall–Kier alpha value is -5.26. The Labute approximate surface area is 348 Å². The largest absolute Gasteiger partial charge is 0.490 e. The molecule has 0 bridgehead atoms. The van der Waals surface area contributed by atoms with E-state index in [0.717, 1.165) is 108 Å². The highest BCUT2D eigenvalue weighted by molar-refractivity contribution is 6.33. The van der Waals surface area contributed by atoms with Crippen molar-refractivity contribution < 1.29 is 28.7 Å². The van der Waals surface area contributed by atoms with Crippen LogP contribution < -0.4 is 20.3 Å². The summed E-state index contributed by atoms with van der Waals surface area (Å²) in [5, 5.41) is 10.5. The molecule has 1 unspecified atom stereocenters. The zero-order chi connectivity index (χ0) is 40.8. The number of benzene rings is 2. The van der Waals surface area contributed by atoms with E-state index in [2.05, 4.69) is 25.3 Å². The van der Waals surface area contributed by atoms with Crippen LogP contribution in [0.4, 0.5) is 11.4 Å². The number of piperidine rings is 2. The lowest BCUT2D eigenvalue weighted by molar-refractivity contribution is -0.136. The van der Waals surface area contributed by atoms with Gasteiger partial charge in [0.2, 0.25) is 17.5 Å². The molecular weight excluding hydrogens is 772 g/mol. The molecule has 1 spiro atoms. The van der Waals surface area contributed by atoms with Crippen molar-refractivity contribution in [2.75, 3.05) is 37.6 Å². The lowest BCUT2D eigenvalue weighted by Gasteiger charge is -2.55. The average molecular weight is 821 g/mol. The highest BCUT2D eigenvalue weighted by Gasteiger charge is 2.47. The highest BCUT2D eigenvalue weighted by atomic mass is 35.5. The molecule has 4 aliphatic heterocycles. The number of fused-ring (bicyclic) bond motifs is 1. The topological polar surface area (TPSA) is 151 Å². The Kier molecular flexibility index (Phi) is 10.7. The second-order valence-corrected chi connectivity index (χ2v) is 17.9. The fourth-order valence-electron chi connectivity index (χ4n) is 10.2. The molecule has 1 aromatic heterocycles. The van der Waals surface area contributed by atoms with Gasteiger partial charge in [0.25, 0.3) is 17.7 Å². The third-order valence-corrected chi connectivity index (χ3v) is 14.0. The molecule has 6 aliphatic rings. The van der Waals surface area contributed by atoms with Gasteiger partial charge in [0.05, 0.1) is 34.9 Å². The van der Waals surface area contributed by atoms with Crippen LogP contribution >= 0.6 is 11.6 Å². The van der Waals surface area contributed by atoms with Gasteiger partial charge >= 0.3 is 0 Å². The van der Waals surface area contributed by atoms with Gasteiger partial charge < -0.3 is 19.9 Å². The molecule has 3 saturated heterocycles. The Morgan fingerprint density at radius 3 is 2.37 bits per heavy atom. The number of nitrogens with one attached hydrogen (secondary N) is 2. The summed E-state index contributed by atoms with van der Waals surface area (Å²) in [6.07, 6.45) is 12.2. The number of nitrogens with zero attached hydrogens (tertiary/aromatic N) is 6. The summed E-state index contributed by atoms with van der Waals surface area (Å²) in [5.74, 6) is -0.744. The lowest BCUT2D eigenvalue weighted by Crippen LogP contribution is -2.60. The predicted molar refractivity (Wildman–Crippen MR) is 219 cm³/mol. The molecule has 9 rings (SSSR count). The SMILES string of the molecule is [C-]#[N+]c1ccc(OC2CCC(NC(=O)c3ccn(C4CCC(CN5CCC6(CC5)CN(c5ccc7c(c5)C(=O)N(C5CCC(=O)NC5=O)C7=O)C6)CC4)n3)CC2)cc1Cl. The van der Waals surface area contributed by atoms with Crippen molar-refractivity contribution in [3.8, 4) is 5.75 Å². The number of hydrogen-bond acceptors (Lipinski definition) is 9. The Bertz CT molecular complexity index is 2200. The maximum atomic E-state index is 13.3. The van der Waals surface area contributed by atoms with E-state index in [1.54, 1.807) is 30.3 Å². The smallest absolute Gasteiger partial charge is 0.271 e. The fourth-order valence-corrected chi connectivity index (χ4v) is 10.4. The summed E-state index contributed by atoms with van der Waals surface area (Å²) in [5.41, 5.74) is 2.69. The van der Waals surface area contributed by atoms with Crippen molar-refractivity contribution in [1.29, 1.82) is 0 Å². The number of rotatable bonds is 9. The molecule has 2 aliphatic carbocycles. The van der Waals surface area contributed by atoms with Crippen LogP contribution in [-0.4, -0.2) is 100 Å². The zero-order valence-electron chi connectivity index (χ0n) is 33.0. The predicted octanol–water partition coefficient (Wildman–Crippen LogP) is 5.94. The third-order valence-electron chi connectivity index (χ3n) is 13.7. The first kappa shape index (κ1) is 39.2. The number of aromatic nitrogens is 2. The van der Waals surface area contributed by atoms with Gasteiger partial charge in [-0.25, -0.2) is 4.85 Å². The van der Waals surface area contributed by atoms with Gasteiger partial charge in [-0.3, -0.25) is 38.9 Å². The quantitative estimate of drug-likeness (QED) is 0.198. The molecule has 0 radical (unpaired) electrons. The first-order valence-corrected chi connectivity index (χ1v) is 21.5. The molecule has 2 N–H and O–H groups in total. The number of carbonyl (C=O) groups excluding carboxylic acids is 5. The minimum absolute atomic E-state index is 0.0463. The Morgan fingerprint density at radius 1 is 0.915 bits per heavy atom. The average Bonchev–Trinajstić information content (AvgIpc) is 3.81. The number of imide groups is 2. The van der Waals surface area contributed by atoms with Gasteiger partial charge in [-0.05, 0) is 126 Å². The number of likely N-dealkylation sites (tertiary alicyclic amines) is 1. The number of anilines is 1. The van der Waals surface area contributed by atoms with Crippen molar-refractivity contribution in [2.24, 2.45) is 11.3 Å². The van der Waals surface area contributed by atoms with Crippen molar-refractivity contribution in [1.82, 2.24) is 30.2 Å². The third kappa shape index (κ3) is 7.94. The number of carbonyl (C=O) groups is 5. The van der Waals surface area contributed by atoms with Crippen LogP contribution in [0.1, 0.15) is 114 Å². The molecule has 3 aromatic rings. The van der Waals surface area contributed by atoms with E-state index >= 15 is 0 Å². The van der Waals surface area contributed by atoms with Gasteiger partial charge in [0.15, 0.2) is 0 Å². The maximum absolute atomic E-state index is 13.3. The minimum Gasteiger partial charge on any atom is -0.490 e. The number of hydrogen-bond donors (Lipinski definition) is 2. The number of amides is 5. The molecule has 14 nitrogen and oxygen atoms in total. The number of ether oxygens (including phenoxy) is 1. The fraction of sp³-hybridized carbons (Fsp3) is 0.523. The highest BCUT2D eigenvalue weighted by Crippen LogP contribution is 2.44. The molecule has 1 atom stereocenters. The van der Waals surface area contributed by atoms with Crippen LogP contribution in [0.15, 0.2) is 48.7 Å². The monoisotopic (exact) mass is 820 g/mol. The maximum Gasteiger partial charge on any atom is 0.271 e. The van der Waals surface area contributed by atoms with Gasteiger partial charge in [0.1, 0.15) is 17.5 Å². The first-order chi connectivity index (χ1) is 28.5. The van der Waals surface area contributed by atoms with Crippen molar-refractivity contribution in [3.05, 3.63) is 81.9 Å². The summed E-state index contributed by atoms with van der Waals surface area (Å²) in [7, 11) is 0. The normalized spacial score (nSPS) is 26.9.